The molecule has 35 heavy (non-hydrogen) atoms. The van der Waals surface area contributed by atoms with Crippen molar-refractivity contribution in [1.82, 2.24) is 5.32 Å². The van der Waals surface area contributed by atoms with Crippen LogP contribution >= 0.6 is 34.4 Å². The molecule has 0 saturated carbocycles. The fourth-order valence-corrected chi connectivity index (χ4v) is 4.77. The van der Waals surface area contributed by atoms with Gasteiger partial charge in [-0.3, -0.25) is 4.79 Å². The molecule has 0 saturated heterocycles. The minimum atomic E-state index is -1.01. The number of para-hydroxylation sites is 1. The van der Waals surface area contributed by atoms with Crippen molar-refractivity contribution in [1.29, 1.82) is 0 Å². The number of carboxylic acid groups (broad SMARTS) is 1. The second kappa shape index (κ2) is 17.7. The summed E-state index contributed by atoms with van der Waals surface area (Å²) in [4.78, 5) is 24.6. The lowest BCUT2D eigenvalue weighted by molar-refractivity contribution is -0.141. The van der Waals surface area contributed by atoms with Crippen LogP contribution in [0, 0.1) is 0 Å². The number of anilines is 1. The number of halogens is 1. The summed E-state index contributed by atoms with van der Waals surface area (Å²) in [6.45, 7) is 10.5. The van der Waals surface area contributed by atoms with Crippen LogP contribution in [0.5, 0.6) is 0 Å². The smallest absolute Gasteiger partial charge is 0.327 e. The lowest BCUT2D eigenvalue weighted by Gasteiger charge is -2.24. The van der Waals surface area contributed by atoms with Crippen molar-refractivity contribution < 1.29 is 14.7 Å². The van der Waals surface area contributed by atoms with Crippen LogP contribution in [-0.2, 0) is 9.59 Å². The van der Waals surface area contributed by atoms with Crippen molar-refractivity contribution in [3.8, 4) is 0 Å². The van der Waals surface area contributed by atoms with Crippen molar-refractivity contribution >= 4 is 51.9 Å². The zero-order valence-electron chi connectivity index (χ0n) is 21.6. The minimum Gasteiger partial charge on any atom is -0.480 e. The number of allylic oxidation sites excluding steroid dienone is 5. The predicted molar refractivity (Wildman–Crippen MR) is 160 cm³/mol. The lowest BCUT2D eigenvalue weighted by Crippen LogP contribution is -2.51. The average Bonchev–Trinajstić information content (AvgIpc) is 2.79. The number of nitrogens with one attached hydrogen (secondary N) is 2. The summed E-state index contributed by atoms with van der Waals surface area (Å²) in [7, 11) is 0. The molecule has 0 fully saturated rings. The number of carbonyl (C=O) groups is 2. The van der Waals surface area contributed by atoms with Gasteiger partial charge in [-0.15, -0.1) is 0 Å². The first-order valence-corrected chi connectivity index (χ1v) is 14.5. The molecule has 3 N–H and O–H groups in total. The van der Waals surface area contributed by atoms with E-state index in [0.717, 1.165) is 37.1 Å². The number of benzene rings is 1. The van der Waals surface area contributed by atoms with Crippen molar-refractivity contribution in [2.75, 3.05) is 16.8 Å². The zero-order chi connectivity index (χ0) is 26.2. The molecule has 0 heterocycles. The highest BCUT2D eigenvalue weighted by Crippen LogP contribution is 2.16. The lowest BCUT2D eigenvalue weighted by atomic mass is 10.1. The third-order valence-corrected chi connectivity index (χ3v) is 7.10. The molecule has 0 aliphatic heterocycles. The Labute approximate surface area is 229 Å². The molecule has 5 nitrogen and oxygen atoms in total. The van der Waals surface area contributed by atoms with E-state index in [4.69, 9.17) is 0 Å². The SMILES string of the molecule is CC(C)=CCC/C(C)=C/CC/C(C)=C/CSC[C@H](NC(=O)[C@@H](Nc1ccccc1)[C@@H](C)I)C(=O)O. The van der Waals surface area contributed by atoms with Crippen molar-refractivity contribution in [2.24, 2.45) is 0 Å². The Morgan fingerprint density at radius 1 is 1.00 bits per heavy atom. The Kier molecular flexibility index (Phi) is 15.8. The molecule has 194 valence electrons. The fraction of sp³-hybridized carbons (Fsp3) is 0.500. The molecule has 1 rings (SSSR count). The van der Waals surface area contributed by atoms with Crippen LogP contribution in [-0.4, -0.2) is 44.5 Å². The van der Waals surface area contributed by atoms with Gasteiger partial charge in [0.05, 0.1) is 0 Å². The molecule has 1 amide bonds. The summed E-state index contributed by atoms with van der Waals surface area (Å²) in [6.07, 6.45) is 11.0. The van der Waals surface area contributed by atoms with Gasteiger partial charge in [-0.2, -0.15) is 11.8 Å². The van der Waals surface area contributed by atoms with Crippen LogP contribution in [0.1, 0.15) is 60.3 Å². The second-order valence-corrected chi connectivity index (χ2v) is 12.1. The first-order chi connectivity index (χ1) is 16.6. The summed E-state index contributed by atoms with van der Waals surface area (Å²) in [5.74, 6) is -0.271. The fourth-order valence-electron chi connectivity index (χ4n) is 3.27. The van der Waals surface area contributed by atoms with Gasteiger partial charge in [0, 0.05) is 21.1 Å². The summed E-state index contributed by atoms with van der Waals surface area (Å²) in [6, 6.07) is 8.02. The second-order valence-electron chi connectivity index (χ2n) is 9.06. The van der Waals surface area contributed by atoms with Crippen molar-refractivity contribution in [3.05, 3.63) is 65.3 Å². The van der Waals surface area contributed by atoms with Gasteiger partial charge in [0.25, 0.3) is 0 Å². The predicted octanol–water partition coefficient (Wildman–Crippen LogP) is 7.01. The van der Waals surface area contributed by atoms with E-state index in [9.17, 15) is 14.7 Å². The molecule has 7 heteroatoms. The number of hydrogen-bond donors (Lipinski definition) is 3. The van der Waals surface area contributed by atoms with E-state index in [1.807, 2.05) is 37.3 Å². The Balaban J connectivity index is 2.49. The molecule has 0 unspecified atom stereocenters. The minimum absolute atomic E-state index is 0.0228. The van der Waals surface area contributed by atoms with E-state index in [0.29, 0.717) is 5.75 Å². The highest BCUT2D eigenvalue weighted by atomic mass is 127. The normalized spacial score (nSPS) is 14.6. The van der Waals surface area contributed by atoms with E-state index in [1.165, 1.54) is 28.5 Å². The molecule has 0 spiro atoms. The highest BCUT2D eigenvalue weighted by molar-refractivity contribution is 14.1. The maximum absolute atomic E-state index is 12.8. The maximum Gasteiger partial charge on any atom is 0.327 e. The first-order valence-electron chi connectivity index (χ1n) is 12.1. The summed E-state index contributed by atoms with van der Waals surface area (Å²) >= 11 is 3.71. The van der Waals surface area contributed by atoms with E-state index >= 15 is 0 Å². The van der Waals surface area contributed by atoms with E-state index in [-0.39, 0.29) is 9.83 Å². The molecule has 0 aliphatic rings. The van der Waals surface area contributed by atoms with Gasteiger partial charge in [0.1, 0.15) is 12.1 Å². The monoisotopic (exact) mass is 612 g/mol. The molecule has 3 atom stereocenters. The Bertz CT molecular complexity index is 877. The van der Waals surface area contributed by atoms with Gasteiger partial charge in [-0.1, -0.05) is 82.7 Å². The van der Waals surface area contributed by atoms with Crippen molar-refractivity contribution in [2.45, 2.75) is 76.3 Å². The number of alkyl halides is 1. The molecule has 0 aromatic heterocycles. The molecular weight excluding hydrogens is 571 g/mol. The van der Waals surface area contributed by atoms with E-state index < -0.39 is 18.1 Å². The topological polar surface area (TPSA) is 78.4 Å². The molecule has 0 radical (unpaired) electrons. The summed E-state index contributed by atoms with van der Waals surface area (Å²) in [5.41, 5.74) is 4.91. The summed E-state index contributed by atoms with van der Waals surface area (Å²) < 4.78 is -0.0228. The highest BCUT2D eigenvalue weighted by Gasteiger charge is 2.28. The quantitative estimate of drug-likeness (QED) is 0.0810. The van der Waals surface area contributed by atoms with Crippen LogP contribution in [0.25, 0.3) is 0 Å². The van der Waals surface area contributed by atoms with Gasteiger partial charge in [0.15, 0.2) is 0 Å². The van der Waals surface area contributed by atoms with Crippen LogP contribution in [0.3, 0.4) is 0 Å². The van der Waals surface area contributed by atoms with Gasteiger partial charge >= 0.3 is 5.97 Å². The zero-order valence-corrected chi connectivity index (χ0v) is 24.6. The first kappa shape index (κ1) is 31.3. The Morgan fingerprint density at radius 2 is 1.60 bits per heavy atom. The molecular formula is C28H41IN2O3S. The van der Waals surface area contributed by atoms with Gasteiger partial charge < -0.3 is 15.7 Å². The number of carboxylic acids is 1. The van der Waals surface area contributed by atoms with Gasteiger partial charge in [-0.05, 0) is 65.5 Å². The molecule has 1 aromatic rings. The molecule has 0 aliphatic carbocycles. The maximum atomic E-state index is 12.8. The van der Waals surface area contributed by atoms with E-state index in [2.05, 4.69) is 79.1 Å². The van der Waals surface area contributed by atoms with Crippen LogP contribution in [0.4, 0.5) is 5.69 Å². The standard InChI is InChI=1S/C28H41IN2O3S/c1-20(2)11-9-12-21(3)13-10-14-22(4)17-18-35-19-25(28(33)34)31-27(32)26(23(5)29)30-24-15-7-6-8-16-24/h6-8,11,13,15-17,23,25-26,30H,9-10,12,14,18-19H2,1-5H3,(H,31,32)(H,33,34)/b21-13+,22-17+/t23-,25+,26+/m1/s1. The van der Waals surface area contributed by atoms with Crippen molar-refractivity contribution in [3.63, 3.8) is 0 Å². The molecule has 1 aromatic carbocycles. The van der Waals surface area contributed by atoms with Gasteiger partial charge in [0.2, 0.25) is 5.91 Å². The number of carbonyl (C=O) groups excluding carboxylic acids is 1. The van der Waals surface area contributed by atoms with Crippen LogP contribution in [0.2, 0.25) is 0 Å². The van der Waals surface area contributed by atoms with Gasteiger partial charge in [-0.25, -0.2) is 4.79 Å². The summed E-state index contributed by atoms with van der Waals surface area (Å²) in [5, 5.41) is 15.6. The number of hydrogen-bond acceptors (Lipinski definition) is 4. The average molecular weight is 613 g/mol. The largest absolute Gasteiger partial charge is 0.480 e. The third kappa shape index (κ3) is 14.4. The molecule has 0 bridgehead atoms. The number of rotatable bonds is 16. The van der Waals surface area contributed by atoms with E-state index in [1.54, 1.807) is 0 Å². The van der Waals surface area contributed by atoms with Crippen LogP contribution < -0.4 is 10.6 Å². The number of aliphatic carboxylic acids is 1. The number of amides is 1. The number of thioether (sulfide) groups is 1. The van der Waals surface area contributed by atoms with Crippen LogP contribution in [0.15, 0.2) is 65.3 Å². The Hall–Kier alpha value is -1.74. The Morgan fingerprint density at radius 3 is 2.17 bits per heavy atom. The third-order valence-electron chi connectivity index (χ3n) is 5.41.